The van der Waals surface area contributed by atoms with Crippen LogP contribution in [0.2, 0.25) is 0 Å². The van der Waals surface area contributed by atoms with Gasteiger partial charge >= 0.3 is 0 Å². The highest BCUT2D eigenvalue weighted by Gasteiger charge is 2.16. The molecule has 0 bridgehead atoms. The van der Waals surface area contributed by atoms with Gasteiger partial charge in [0.2, 0.25) is 10.0 Å². The molecule has 0 heterocycles. The van der Waals surface area contributed by atoms with E-state index in [1.165, 1.54) is 18.4 Å². The minimum atomic E-state index is -3.37. The Labute approximate surface area is 108 Å². The molecule has 1 aromatic rings. The SMILES string of the molecule is CC(CCO)Nc1ccc(S(=O)(=O)N(C)C)cc1. The summed E-state index contributed by atoms with van der Waals surface area (Å²) < 4.78 is 24.9. The molecule has 102 valence electrons. The predicted molar refractivity (Wildman–Crippen MR) is 72.1 cm³/mol. The Hall–Kier alpha value is -1.11. The number of aliphatic hydroxyl groups excluding tert-OH is 1. The second-order valence-corrected chi connectivity index (χ2v) is 6.52. The van der Waals surface area contributed by atoms with Gasteiger partial charge in [-0.05, 0) is 37.6 Å². The van der Waals surface area contributed by atoms with Crippen LogP contribution in [0, 0.1) is 0 Å². The van der Waals surface area contributed by atoms with Crippen LogP contribution in [0.3, 0.4) is 0 Å². The molecular weight excluding hydrogens is 252 g/mol. The standard InChI is InChI=1S/C12H20N2O3S/c1-10(8-9-15)13-11-4-6-12(7-5-11)18(16,17)14(2)3/h4-7,10,13,15H,8-9H2,1-3H3. The highest BCUT2D eigenvalue weighted by molar-refractivity contribution is 7.89. The van der Waals surface area contributed by atoms with E-state index in [1.54, 1.807) is 24.3 Å². The molecule has 0 radical (unpaired) electrons. The maximum absolute atomic E-state index is 11.8. The van der Waals surface area contributed by atoms with Gasteiger partial charge in [-0.1, -0.05) is 0 Å². The van der Waals surface area contributed by atoms with E-state index in [0.29, 0.717) is 6.42 Å². The van der Waals surface area contributed by atoms with Crippen molar-refractivity contribution in [2.75, 3.05) is 26.0 Å². The first-order valence-electron chi connectivity index (χ1n) is 5.78. The van der Waals surface area contributed by atoms with Crippen molar-refractivity contribution in [1.29, 1.82) is 0 Å². The van der Waals surface area contributed by atoms with Gasteiger partial charge in [-0.15, -0.1) is 0 Å². The summed E-state index contributed by atoms with van der Waals surface area (Å²) in [4.78, 5) is 0.271. The molecule has 0 fully saturated rings. The number of nitrogens with zero attached hydrogens (tertiary/aromatic N) is 1. The summed E-state index contributed by atoms with van der Waals surface area (Å²) in [5.74, 6) is 0. The highest BCUT2D eigenvalue weighted by Crippen LogP contribution is 2.17. The number of sulfonamides is 1. The van der Waals surface area contributed by atoms with Gasteiger partial charge in [0.25, 0.3) is 0 Å². The lowest BCUT2D eigenvalue weighted by Crippen LogP contribution is -2.22. The molecule has 0 saturated carbocycles. The van der Waals surface area contributed by atoms with Crippen molar-refractivity contribution >= 4 is 15.7 Å². The summed E-state index contributed by atoms with van der Waals surface area (Å²) in [6.45, 7) is 2.09. The molecule has 5 nitrogen and oxygen atoms in total. The zero-order chi connectivity index (χ0) is 13.8. The Balaban J connectivity index is 2.81. The van der Waals surface area contributed by atoms with Crippen molar-refractivity contribution in [2.45, 2.75) is 24.3 Å². The Morgan fingerprint density at radius 2 is 1.83 bits per heavy atom. The van der Waals surface area contributed by atoms with Gasteiger partial charge in [0.05, 0.1) is 4.90 Å². The first kappa shape index (κ1) is 14.9. The van der Waals surface area contributed by atoms with E-state index in [-0.39, 0.29) is 17.5 Å². The second kappa shape index (κ2) is 6.17. The summed E-state index contributed by atoms with van der Waals surface area (Å²) in [6.07, 6.45) is 0.651. The summed E-state index contributed by atoms with van der Waals surface area (Å²) >= 11 is 0. The molecule has 0 aliphatic heterocycles. The molecule has 0 saturated heterocycles. The van der Waals surface area contributed by atoms with Gasteiger partial charge in [-0.25, -0.2) is 12.7 Å². The number of rotatable bonds is 6. The zero-order valence-electron chi connectivity index (χ0n) is 10.9. The molecule has 1 unspecified atom stereocenters. The van der Waals surface area contributed by atoms with E-state index in [4.69, 9.17) is 5.11 Å². The molecule has 0 aliphatic rings. The third kappa shape index (κ3) is 3.69. The van der Waals surface area contributed by atoms with Crippen LogP contribution in [0.5, 0.6) is 0 Å². The van der Waals surface area contributed by atoms with Crippen LogP contribution in [-0.4, -0.2) is 44.6 Å². The van der Waals surface area contributed by atoms with Crippen molar-refractivity contribution in [2.24, 2.45) is 0 Å². The first-order chi connectivity index (χ1) is 8.37. The Bertz CT molecular complexity index is 469. The number of anilines is 1. The second-order valence-electron chi connectivity index (χ2n) is 4.37. The van der Waals surface area contributed by atoms with Gasteiger partial charge in [-0.2, -0.15) is 0 Å². The van der Waals surface area contributed by atoms with Crippen molar-refractivity contribution in [3.05, 3.63) is 24.3 Å². The maximum Gasteiger partial charge on any atom is 0.242 e. The average Bonchev–Trinajstić information content (AvgIpc) is 2.29. The monoisotopic (exact) mass is 272 g/mol. The summed E-state index contributed by atoms with van der Waals surface area (Å²) in [7, 11) is -0.357. The van der Waals surface area contributed by atoms with E-state index >= 15 is 0 Å². The van der Waals surface area contributed by atoms with E-state index in [0.717, 1.165) is 5.69 Å². The third-order valence-electron chi connectivity index (χ3n) is 2.61. The molecular formula is C12H20N2O3S. The molecule has 0 aromatic heterocycles. The summed E-state index contributed by atoms with van der Waals surface area (Å²) in [5, 5.41) is 12.0. The minimum absolute atomic E-state index is 0.126. The normalized spacial score (nSPS) is 13.6. The lowest BCUT2D eigenvalue weighted by atomic mass is 10.2. The first-order valence-corrected chi connectivity index (χ1v) is 7.22. The Kier molecular flexibility index (Phi) is 5.13. The van der Waals surface area contributed by atoms with Gasteiger partial charge in [0.15, 0.2) is 0 Å². The molecule has 0 spiro atoms. The topological polar surface area (TPSA) is 69.6 Å². The number of nitrogens with one attached hydrogen (secondary N) is 1. The van der Waals surface area contributed by atoms with Gasteiger partial charge in [0, 0.05) is 32.4 Å². The number of benzene rings is 1. The zero-order valence-corrected chi connectivity index (χ0v) is 11.7. The minimum Gasteiger partial charge on any atom is -0.396 e. The summed E-state index contributed by atoms with van der Waals surface area (Å²) in [6, 6.07) is 6.74. The van der Waals surface area contributed by atoms with Gasteiger partial charge in [0.1, 0.15) is 0 Å². The number of hydrogen-bond acceptors (Lipinski definition) is 4. The van der Waals surface area contributed by atoms with E-state index in [2.05, 4.69) is 5.32 Å². The fourth-order valence-corrected chi connectivity index (χ4v) is 2.39. The molecule has 0 aliphatic carbocycles. The van der Waals surface area contributed by atoms with Crippen molar-refractivity contribution in [1.82, 2.24) is 4.31 Å². The van der Waals surface area contributed by atoms with Crippen molar-refractivity contribution < 1.29 is 13.5 Å². The molecule has 2 N–H and O–H groups in total. The largest absolute Gasteiger partial charge is 0.396 e. The lowest BCUT2D eigenvalue weighted by Gasteiger charge is -2.15. The van der Waals surface area contributed by atoms with Gasteiger partial charge in [-0.3, -0.25) is 0 Å². The summed E-state index contributed by atoms with van der Waals surface area (Å²) in [5.41, 5.74) is 0.841. The van der Waals surface area contributed by atoms with E-state index in [1.807, 2.05) is 6.92 Å². The molecule has 1 aromatic carbocycles. The molecule has 18 heavy (non-hydrogen) atoms. The van der Waals surface area contributed by atoms with Crippen molar-refractivity contribution in [3.8, 4) is 0 Å². The highest BCUT2D eigenvalue weighted by atomic mass is 32.2. The quantitative estimate of drug-likeness (QED) is 0.814. The lowest BCUT2D eigenvalue weighted by molar-refractivity contribution is 0.282. The fraction of sp³-hybridized carbons (Fsp3) is 0.500. The van der Waals surface area contributed by atoms with Crippen LogP contribution in [0.4, 0.5) is 5.69 Å². The van der Waals surface area contributed by atoms with Crippen LogP contribution in [0.25, 0.3) is 0 Å². The molecule has 0 amide bonds. The number of hydrogen-bond donors (Lipinski definition) is 2. The number of aliphatic hydroxyl groups is 1. The molecule has 1 rings (SSSR count). The Morgan fingerprint density at radius 1 is 1.28 bits per heavy atom. The van der Waals surface area contributed by atoms with Crippen LogP contribution < -0.4 is 5.32 Å². The average molecular weight is 272 g/mol. The van der Waals surface area contributed by atoms with E-state index in [9.17, 15) is 8.42 Å². The van der Waals surface area contributed by atoms with Crippen molar-refractivity contribution in [3.63, 3.8) is 0 Å². The molecule has 1 atom stereocenters. The maximum atomic E-state index is 11.8. The van der Waals surface area contributed by atoms with Crippen LogP contribution in [0.15, 0.2) is 29.2 Å². The van der Waals surface area contributed by atoms with E-state index < -0.39 is 10.0 Å². The van der Waals surface area contributed by atoms with Gasteiger partial charge < -0.3 is 10.4 Å². The predicted octanol–water partition coefficient (Wildman–Crippen LogP) is 1.12. The molecule has 6 heteroatoms. The van der Waals surface area contributed by atoms with Crippen LogP contribution in [-0.2, 0) is 10.0 Å². The van der Waals surface area contributed by atoms with Crippen LogP contribution in [0.1, 0.15) is 13.3 Å². The van der Waals surface area contributed by atoms with Crippen LogP contribution >= 0.6 is 0 Å². The fourth-order valence-electron chi connectivity index (χ4n) is 1.48. The smallest absolute Gasteiger partial charge is 0.242 e. The third-order valence-corrected chi connectivity index (χ3v) is 4.44. The Morgan fingerprint density at radius 3 is 2.28 bits per heavy atom.